The van der Waals surface area contributed by atoms with E-state index in [1.54, 1.807) is 7.11 Å². The first-order valence-corrected chi connectivity index (χ1v) is 7.15. The molecule has 4 unspecified atom stereocenters. The topological polar surface area (TPSA) is 55.6 Å². The number of amides is 1. The van der Waals surface area contributed by atoms with E-state index in [4.69, 9.17) is 10.5 Å². The Hall–Kier alpha value is -0.610. The highest BCUT2D eigenvalue weighted by molar-refractivity contribution is 5.79. The molecule has 18 heavy (non-hydrogen) atoms. The van der Waals surface area contributed by atoms with Gasteiger partial charge in [0.25, 0.3) is 0 Å². The normalized spacial score (nSPS) is 36.9. The predicted octanol–water partition coefficient (Wildman–Crippen LogP) is 1.24. The lowest BCUT2D eigenvalue weighted by Gasteiger charge is -2.34. The van der Waals surface area contributed by atoms with E-state index in [1.165, 1.54) is 0 Å². The lowest BCUT2D eigenvalue weighted by molar-refractivity contribution is -0.137. The third-order valence-corrected chi connectivity index (χ3v) is 4.55. The van der Waals surface area contributed by atoms with Gasteiger partial charge in [0.05, 0.1) is 6.61 Å². The molecule has 1 aliphatic heterocycles. The molecule has 4 heteroatoms. The van der Waals surface area contributed by atoms with Crippen molar-refractivity contribution in [3.05, 3.63) is 0 Å². The number of carbonyl (C=O) groups is 1. The highest BCUT2D eigenvalue weighted by atomic mass is 16.5. The summed E-state index contributed by atoms with van der Waals surface area (Å²) in [5, 5.41) is 0. The molecule has 4 atom stereocenters. The average Bonchev–Trinajstić information content (AvgIpc) is 2.80. The molecule has 0 aromatic heterocycles. The van der Waals surface area contributed by atoms with E-state index in [0.717, 1.165) is 45.4 Å². The van der Waals surface area contributed by atoms with Gasteiger partial charge in [-0.1, -0.05) is 6.92 Å². The van der Waals surface area contributed by atoms with Crippen molar-refractivity contribution in [2.75, 3.05) is 26.8 Å². The van der Waals surface area contributed by atoms with Crippen LogP contribution >= 0.6 is 0 Å². The van der Waals surface area contributed by atoms with Crippen LogP contribution < -0.4 is 5.73 Å². The van der Waals surface area contributed by atoms with E-state index >= 15 is 0 Å². The molecule has 1 amide bonds. The summed E-state index contributed by atoms with van der Waals surface area (Å²) in [5.41, 5.74) is 6.01. The van der Waals surface area contributed by atoms with Gasteiger partial charge in [-0.05, 0) is 31.6 Å². The van der Waals surface area contributed by atoms with Gasteiger partial charge in [-0.25, -0.2) is 0 Å². The maximum Gasteiger partial charge on any atom is 0.226 e. The molecule has 1 heterocycles. The minimum Gasteiger partial charge on any atom is -0.384 e. The first-order valence-electron chi connectivity index (χ1n) is 7.15. The largest absolute Gasteiger partial charge is 0.384 e. The molecule has 2 fully saturated rings. The Labute approximate surface area is 110 Å². The van der Waals surface area contributed by atoms with E-state index in [9.17, 15) is 4.79 Å². The Morgan fingerprint density at radius 3 is 2.89 bits per heavy atom. The summed E-state index contributed by atoms with van der Waals surface area (Å²) in [6, 6.07) is 0.215. The van der Waals surface area contributed by atoms with Crippen molar-refractivity contribution in [3.8, 4) is 0 Å². The van der Waals surface area contributed by atoms with E-state index in [-0.39, 0.29) is 12.0 Å². The Kier molecular flexibility index (Phi) is 4.62. The number of nitrogens with zero attached hydrogens (tertiary/aromatic N) is 1. The van der Waals surface area contributed by atoms with Crippen molar-refractivity contribution in [3.63, 3.8) is 0 Å². The molecule has 0 spiro atoms. The fourth-order valence-electron chi connectivity index (χ4n) is 3.34. The molecule has 2 N–H and O–H groups in total. The van der Waals surface area contributed by atoms with Crippen LogP contribution in [0, 0.1) is 17.8 Å². The second kappa shape index (κ2) is 6.02. The summed E-state index contributed by atoms with van der Waals surface area (Å²) in [6.45, 7) is 4.72. The number of hydrogen-bond acceptors (Lipinski definition) is 3. The lowest BCUT2D eigenvalue weighted by Crippen LogP contribution is -2.43. The summed E-state index contributed by atoms with van der Waals surface area (Å²) in [7, 11) is 1.73. The summed E-state index contributed by atoms with van der Waals surface area (Å²) >= 11 is 0. The summed E-state index contributed by atoms with van der Waals surface area (Å²) in [5.74, 6) is 1.48. The highest BCUT2D eigenvalue weighted by Gasteiger charge is 2.36. The van der Waals surface area contributed by atoms with Gasteiger partial charge in [0, 0.05) is 38.1 Å². The Morgan fingerprint density at radius 2 is 2.17 bits per heavy atom. The van der Waals surface area contributed by atoms with Crippen molar-refractivity contribution in [1.82, 2.24) is 4.90 Å². The molecule has 104 valence electrons. The van der Waals surface area contributed by atoms with Crippen molar-refractivity contribution >= 4 is 5.91 Å². The number of methoxy groups -OCH3 is 1. The third-order valence-electron chi connectivity index (χ3n) is 4.55. The van der Waals surface area contributed by atoms with Gasteiger partial charge in [0.2, 0.25) is 5.91 Å². The number of carbonyl (C=O) groups excluding carboxylic acids is 1. The summed E-state index contributed by atoms with van der Waals surface area (Å²) in [6.07, 6.45) is 4.10. The van der Waals surface area contributed by atoms with Crippen LogP contribution in [-0.2, 0) is 9.53 Å². The lowest BCUT2D eigenvalue weighted by atomic mass is 9.77. The van der Waals surface area contributed by atoms with E-state index in [1.807, 2.05) is 4.90 Å². The second-order valence-corrected chi connectivity index (χ2v) is 6.05. The van der Waals surface area contributed by atoms with Gasteiger partial charge in [-0.15, -0.1) is 0 Å². The van der Waals surface area contributed by atoms with E-state index in [0.29, 0.717) is 17.7 Å². The SMILES string of the molecule is COCC1CCN(C(=O)C2CC(N)CCC2C)C1. The molecule has 2 aliphatic rings. The summed E-state index contributed by atoms with van der Waals surface area (Å²) in [4.78, 5) is 14.6. The zero-order valence-corrected chi connectivity index (χ0v) is 11.6. The van der Waals surface area contributed by atoms with Crippen LogP contribution in [-0.4, -0.2) is 43.7 Å². The van der Waals surface area contributed by atoms with Gasteiger partial charge in [0.1, 0.15) is 0 Å². The van der Waals surface area contributed by atoms with Crippen LogP contribution in [0.15, 0.2) is 0 Å². The van der Waals surface area contributed by atoms with Gasteiger partial charge in [-0.3, -0.25) is 4.79 Å². The molecular formula is C14H26N2O2. The van der Waals surface area contributed by atoms with Crippen LogP contribution in [0.2, 0.25) is 0 Å². The molecule has 0 aromatic rings. The smallest absolute Gasteiger partial charge is 0.226 e. The van der Waals surface area contributed by atoms with Crippen LogP contribution in [0.3, 0.4) is 0 Å². The molecule has 0 radical (unpaired) electrons. The van der Waals surface area contributed by atoms with Crippen molar-refractivity contribution in [2.24, 2.45) is 23.5 Å². The second-order valence-electron chi connectivity index (χ2n) is 6.05. The number of hydrogen-bond donors (Lipinski definition) is 1. The molecule has 0 bridgehead atoms. The quantitative estimate of drug-likeness (QED) is 0.824. The number of ether oxygens (including phenoxy) is 1. The van der Waals surface area contributed by atoms with Gasteiger partial charge in [0.15, 0.2) is 0 Å². The van der Waals surface area contributed by atoms with Crippen molar-refractivity contribution in [1.29, 1.82) is 0 Å². The minimum atomic E-state index is 0.148. The Morgan fingerprint density at radius 1 is 1.39 bits per heavy atom. The first-order chi connectivity index (χ1) is 8.61. The Bertz CT molecular complexity index is 296. The van der Waals surface area contributed by atoms with Gasteiger partial charge < -0.3 is 15.4 Å². The van der Waals surface area contributed by atoms with Crippen LogP contribution in [0.1, 0.15) is 32.6 Å². The molecule has 2 rings (SSSR count). The maximum absolute atomic E-state index is 12.5. The zero-order valence-electron chi connectivity index (χ0n) is 11.6. The standard InChI is InChI=1S/C14H26N2O2/c1-10-3-4-12(15)7-13(10)14(17)16-6-5-11(8-16)9-18-2/h10-13H,3-9,15H2,1-2H3. The molecule has 1 saturated carbocycles. The van der Waals surface area contributed by atoms with Crippen LogP contribution in [0.4, 0.5) is 0 Å². The predicted molar refractivity (Wildman–Crippen MR) is 71.0 cm³/mol. The van der Waals surface area contributed by atoms with Crippen LogP contribution in [0.5, 0.6) is 0 Å². The monoisotopic (exact) mass is 254 g/mol. The van der Waals surface area contributed by atoms with Crippen molar-refractivity contribution < 1.29 is 9.53 Å². The molecular weight excluding hydrogens is 228 g/mol. The Balaban J connectivity index is 1.90. The molecule has 4 nitrogen and oxygen atoms in total. The number of likely N-dealkylation sites (tertiary alicyclic amines) is 1. The summed E-state index contributed by atoms with van der Waals surface area (Å²) < 4.78 is 5.18. The fourth-order valence-corrected chi connectivity index (χ4v) is 3.34. The molecule has 1 saturated heterocycles. The minimum absolute atomic E-state index is 0.148. The highest BCUT2D eigenvalue weighted by Crippen LogP contribution is 2.32. The molecule has 0 aromatic carbocycles. The number of nitrogens with two attached hydrogens (primary N) is 1. The van der Waals surface area contributed by atoms with E-state index in [2.05, 4.69) is 6.92 Å². The average molecular weight is 254 g/mol. The van der Waals surface area contributed by atoms with Gasteiger partial charge >= 0.3 is 0 Å². The molecule has 1 aliphatic carbocycles. The zero-order chi connectivity index (χ0) is 13.1. The first kappa shape index (κ1) is 13.8. The van der Waals surface area contributed by atoms with Crippen molar-refractivity contribution in [2.45, 2.75) is 38.6 Å². The number of rotatable bonds is 3. The van der Waals surface area contributed by atoms with Crippen LogP contribution in [0.25, 0.3) is 0 Å². The fraction of sp³-hybridized carbons (Fsp3) is 0.929. The van der Waals surface area contributed by atoms with E-state index < -0.39 is 0 Å². The maximum atomic E-state index is 12.5. The van der Waals surface area contributed by atoms with Gasteiger partial charge in [-0.2, -0.15) is 0 Å². The third kappa shape index (κ3) is 3.04.